The van der Waals surface area contributed by atoms with Gasteiger partial charge in [-0.25, -0.2) is 4.98 Å². The predicted octanol–water partition coefficient (Wildman–Crippen LogP) is 1.79. The number of pyridine rings is 1. The van der Waals surface area contributed by atoms with Crippen LogP contribution in [-0.4, -0.2) is 9.97 Å². The van der Waals surface area contributed by atoms with Crippen LogP contribution in [-0.2, 0) is 6.42 Å². The molecule has 0 aliphatic rings. The number of nitrogens with zero attached hydrogens (tertiary/aromatic N) is 2. The van der Waals surface area contributed by atoms with E-state index in [2.05, 4.69) is 16.9 Å². The fourth-order valence-corrected chi connectivity index (χ4v) is 1.10. The highest BCUT2D eigenvalue weighted by molar-refractivity contribution is 5.71. The summed E-state index contributed by atoms with van der Waals surface area (Å²) < 4.78 is 5.17. The standard InChI is InChI=1S/C8H8N2O/c1-2-6-3-4-9-8-7(6)11-5-10-8/h3-5H,2H2,1H3. The fourth-order valence-electron chi connectivity index (χ4n) is 1.10. The first-order valence-corrected chi connectivity index (χ1v) is 3.59. The van der Waals surface area contributed by atoms with Crippen molar-refractivity contribution in [1.29, 1.82) is 0 Å². The number of hydrogen-bond donors (Lipinski definition) is 0. The van der Waals surface area contributed by atoms with Crippen molar-refractivity contribution >= 4 is 11.2 Å². The Morgan fingerprint density at radius 3 is 3.18 bits per heavy atom. The maximum Gasteiger partial charge on any atom is 0.198 e. The molecule has 0 saturated carbocycles. The number of rotatable bonds is 1. The van der Waals surface area contributed by atoms with E-state index in [0.717, 1.165) is 17.6 Å². The van der Waals surface area contributed by atoms with E-state index in [4.69, 9.17) is 4.42 Å². The molecule has 0 N–H and O–H groups in total. The Hall–Kier alpha value is -1.38. The molecule has 11 heavy (non-hydrogen) atoms. The maximum absolute atomic E-state index is 5.17. The molecule has 2 heterocycles. The van der Waals surface area contributed by atoms with Crippen LogP contribution >= 0.6 is 0 Å². The smallest absolute Gasteiger partial charge is 0.198 e. The van der Waals surface area contributed by atoms with E-state index in [0.29, 0.717) is 5.65 Å². The minimum Gasteiger partial charge on any atom is -0.441 e. The Morgan fingerprint density at radius 1 is 1.45 bits per heavy atom. The molecule has 0 bridgehead atoms. The van der Waals surface area contributed by atoms with Crippen LogP contribution in [0.25, 0.3) is 11.2 Å². The van der Waals surface area contributed by atoms with Crippen molar-refractivity contribution in [3.05, 3.63) is 24.2 Å². The van der Waals surface area contributed by atoms with E-state index in [1.807, 2.05) is 6.07 Å². The molecule has 0 atom stereocenters. The van der Waals surface area contributed by atoms with Gasteiger partial charge in [0.1, 0.15) is 0 Å². The van der Waals surface area contributed by atoms with Gasteiger partial charge >= 0.3 is 0 Å². The van der Waals surface area contributed by atoms with Gasteiger partial charge in [0.05, 0.1) is 0 Å². The lowest BCUT2D eigenvalue weighted by molar-refractivity contribution is 0.598. The zero-order valence-corrected chi connectivity index (χ0v) is 6.24. The summed E-state index contributed by atoms with van der Waals surface area (Å²) in [7, 11) is 0. The summed E-state index contributed by atoms with van der Waals surface area (Å²) in [4.78, 5) is 7.99. The molecule has 0 aromatic carbocycles. The van der Waals surface area contributed by atoms with Gasteiger partial charge in [-0.1, -0.05) is 6.92 Å². The summed E-state index contributed by atoms with van der Waals surface area (Å²) in [5, 5.41) is 0. The predicted molar refractivity (Wildman–Crippen MR) is 41.2 cm³/mol. The highest BCUT2D eigenvalue weighted by Gasteiger charge is 2.02. The van der Waals surface area contributed by atoms with Crippen LogP contribution in [0.3, 0.4) is 0 Å². The van der Waals surface area contributed by atoms with Crippen LogP contribution < -0.4 is 0 Å². The van der Waals surface area contributed by atoms with Gasteiger partial charge in [0, 0.05) is 11.8 Å². The van der Waals surface area contributed by atoms with E-state index in [1.165, 1.54) is 6.39 Å². The fraction of sp³-hybridized carbons (Fsp3) is 0.250. The molecule has 0 amide bonds. The van der Waals surface area contributed by atoms with Crippen molar-refractivity contribution in [1.82, 2.24) is 9.97 Å². The minimum atomic E-state index is 0.698. The Bertz CT molecular complexity index is 367. The van der Waals surface area contributed by atoms with E-state index in [1.54, 1.807) is 6.20 Å². The topological polar surface area (TPSA) is 38.9 Å². The third-order valence-corrected chi connectivity index (χ3v) is 1.69. The van der Waals surface area contributed by atoms with Crippen LogP contribution in [0.2, 0.25) is 0 Å². The summed E-state index contributed by atoms with van der Waals surface area (Å²) in [6, 6.07) is 1.95. The van der Waals surface area contributed by atoms with Crippen molar-refractivity contribution in [2.24, 2.45) is 0 Å². The monoisotopic (exact) mass is 148 g/mol. The van der Waals surface area contributed by atoms with Gasteiger partial charge in [0.25, 0.3) is 0 Å². The number of hydrogen-bond acceptors (Lipinski definition) is 3. The lowest BCUT2D eigenvalue weighted by Gasteiger charge is -1.93. The largest absolute Gasteiger partial charge is 0.441 e. The van der Waals surface area contributed by atoms with Crippen LogP contribution in [0.1, 0.15) is 12.5 Å². The summed E-state index contributed by atoms with van der Waals surface area (Å²) in [5.41, 5.74) is 2.67. The number of aryl methyl sites for hydroxylation is 1. The average Bonchev–Trinajstić information content (AvgIpc) is 2.50. The molecule has 2 aromatic rings. The molecule has 0 fully saturated rings. The molecule has 2 rings (SSSR count). The highest BCUT2D eigenvalue weighted by atomic mass is 16.3. The summed E-state index contributed by atoms with van der Waals surface area (Å²) in [6.45, 7) is 2.08. The molecular weight excluding hydrogens is 140 g/mol. The van der Waals surface area contributed by atoms with Crippen molar-refractivity contribution in [2.75, 3.05) is 0 Å². The van der Waals surface area contributed by atoms with Crippen LogP contribution in [0.4, 0.5) is 0 Å². The molecular formula is C8H8N2O. The van der Waals surface area contributed by atoms with Gasteiger partial charge in [-0.2, -0.15) is 4.98 Å². The van der Waals surface area contributed by atoms with Gasteiger partial charge < -0.3 is 4.42 Å². The third-order valence-electron chi connectivity index (χ3n) is 1.69. The first-order valence-electron chi connectivity index (χ1n) is 3.59. The van der Waals surface area contributed by atoms with E-state index < -0.39 is 0 Å². The van der Waals surface area contributed by atoms with Crippen molar-refractivity contribution in [3.63, 3.8) is 0 Å². The van der Waals surface area contributed by atoms with Gasteiger partial charge in [0.15, 0.2) is 17.6 Å². The molecule has 56 valence electrons. The summed E-state index contributed by atoms with van der Waals surface area (Å²) >= 11 is 0. The lowest BCUT2D eigenvalue weighted by atomic mass is 10.2. The molecule has 0 aliphatic carbocycles. The number of fused-ring (bicyclic) bond motifs is 1. The van der Waals surface area contributed by atoms with Gasteiger partial charge in [-0.05, 0) is 12.5 Å². The molecule has 3 nitrogen and oxygen atoms in total. The Morgan fingerprint density at radius 2 is 2.36 bits per heavy atom. The van der Waals surface area contributed by atoms with Crippen LogP contribution in [0, 0.1) is 0 Å². The summed E-state index contributed by atoms with van der Waals surface area (Å²) in [6.07, 6.45) is 4.13. The van der Waals surface area contributed by atoms with Crippen LogP contribution in [0.5, 0.6) is 0 Å². The quantitative estimate of drug-likeness (QED) is 0.618. The van der Waals surface area contributed by atoms with Crippen molar-refractivity contribution < 1.29 is 4.42 Å². The Labute approximate surface area is 64.1 Å². The molecule has 0 aliphatic heterocycles. The second-order valence-electron chi connectivity index (χ2n) is 2.33. The molecule has 2 aromatic heterocycles. The average molecular weight is 148 g/mol. The zero-order chi connectivity index (χ0) is 7.68. The molecule has 0 spiro atoms. The van der Waals surface area contributed by atoms with Crippen molar-refractivity contribution in [2.45, 2.75) is 13.3 Å². The molecule has 0 radical (unpaired) electrons. The Balaban J connectivity index is 2.79. The summed E-state index contributed by atoms with van der Waals surface area (Å²) in [5.74, 6) is 0. The lowest BCUT2D eigenvalue weighted by Crippen LogP contribution is -1.82. The van der Waals surface area contributed by atoms with E-state index >= 15 is 0 Å². The first kappa shape index (κ1) is 6.34. The SMILES string of the molecule is CCc1ccnc2ncoc12. The van der Waals surface area contributed by atoms with E-state index in [9.17, 15) is 0 Å². The third kappa shape index (κ3) is 0.888. The Kier molecular flexibility index (Phi) is 1.35. The second kappa shape index (κ2) is 2.34. The number of oxazole rings is 1. The first-order chi connectivity index (χ1) is 5.42. The van der Waals surface area contributed by atoms with Crippen LogP contribution in [0.15, 0.2) is 23.1 Å². The van der Waals surface area contributed by atoms with E-state index in [-0.39, 0.29) is 0 Å². The molecule has 0 saturated heterocycles. The molecule has 0 unspecified atom stereocenters. The zero-order valence-electron chi connectivity index (χ0n) is 6.24. The van der Waals surface area contributed by atoms with Gasteiger partial charge in [-0.15, -0.1) is 0 Å². The van der Waals surface area contributed by atoms with Crippen molar-refractivity contribution in [3.8, 4) is 0 Å². The minimum absolute atomic E-state index is 0.698. The maximum atomic E-state index is 5.17. The normalized spacial score (nSPS) is 10.6. The molecule has 3 heteroatoms. The van der Waals surface area contributed by atoms with Gasteiger partial charge in [0.2, 0.25) is 0 Å². The number of aromatic nitrogens is 2. The second-order valence-corrected chi connectivity index (χ2v) is 2.33. The van der Waals surface area contributed by atoms with Gasteiger partial charge in [-0.3, -0.25) is 0 Å². The highest BCUT2D eigenvalue weighted by Crippen LogP contribution is 2.14.